The van der Waals surface area contributed by atoms with E-state index in [1.807, 2.05) is 57.2 Å². The first-order valence-electron chi connectivity index (χ1n) is 15.1. The number of benzene rings is 4. The highest BCUT2D eigenvalue weighted by atomic mass is 35.5. The molecule has 0 saturated carbocycles. The maximum Gasteiger partial charge on any atom is 0.264 e. The van der Waals surface area contributed by atoms with Crippen LogP contribution in [0.4, 0.5) is 5.69 Å². The summed E-state index contributed by atoms with van der Waals surface area (Å²) in [6.45, 7) is 5.22. The summed E-state index contributed by atoms with van der Waals surface area (Å²) in [5.41, 5.74) is 2.73. The fraction of sp³-hybridized carbons (Fsp3) is 0.278. The lowest BCUT2D eigenvalue weighted by atomic mass is 10.0. The number of rotatable bonds is 14. The predicted molar refractivity (Wildman–Crippen MR) is 183 cm³/mol. The molecule has 0 aliphatic heterocycles. The van der Waals surface area contributed by atoms with Crippen LogP contribution in [0.5, 0.6) is 5.75 Å². The highest BCUT2D eigenvalue weighted by Crippen LogP contribution is 2.27. The van der Waals surface area contributed by atoms with Gasteiger partial charge in [-0.05, 0) is 79.9 Å². The molecule has 0 saturated heterocycles. The fourth-order valence-corrected chi connectivity index (χ4v) is 6.57. The van der Waals surface area contributed by atoms with Gasteiger partial charge in [0, 0.05) is 24.0 Å². The van der Waals surface area contributed by atoms with Crippen molar-refractivity contribution >= 4 is 39.1 Å². The number of amides is 2. The van der Waals surface area contributed by atoms with Crippen LogP contribution in [-0.4, -0.2) is 50.9 Å². The van der Waals surface area contributed by atoms with E-state index < -0.39 is 28.5 Å². The van der Waals surface area contributed by atoms with Gasteiger partial charge in [-0.25, -0.2) is 8.42 Å². The minimum Gasteiger partial charge on any atom is -0.497 e. The number of ether oxygens (including phenoxy) is 1. The summed E-state index contributed by atoms with van der Waals surface area (Å²) < 4.78 is 34.7. The van der Waals surface area contributed by atoms with Crippen LogP contribution in [0.15, 0.2) is 108 Å². The predicted octanol–water partition coefficient (Wildman–Crippen LogP) is 6.41. The van der Waals surface area contributed by atoms with E-state index in [4.69, 9.17) is 16.3 Å². The van der Waals surface area contributed by atoms with Gasteiger partial charge in [-0.1, -0.05) is 78.7 Å². The fourth-order valence-electron chi connectivity index (χ4n) is 4.94. The van der Waals surface area contributed by atoms with Gasteiger partial charge < -0.3 is 15.0 Å². The largest absolute Gasteiger partial charge is 0.497 e. The Labute approximate surface area is 277 Å². The second kappa shape index (κ2) is 15.8. The lowest BCUT2D eigenvalue weighted by Gasteiger charge is -2.34. The number of sulfonamides is 1. The number of carbonyl (C=O) groups is 2. The molecule has 2 amide bonds. The van der Waals surface area contributed by atoms with Crippen LogP contribution in [-0.2, 0) is 32.6 Å². The summed E-state index contributed by atoms with van der Waals surface area (Å²) in [7, 11) is -2.68. The van der Waals surface area contributed by atoms with Gasteiger partial charge in [-0.2, -0.15) is 0 Å². The lowest BCUT2D eigenvalue weighted by Crippen LogP contribution is -2.54. The van der Waals surface area contributed by atoms with Crippen LogP contribution in [0.3, 0.4) is 0 Å². The Balaban J connectivity index is 1.81. The van der Waals surface area contributed by atoms with Gasteiger partial charge in [-0.15, -0.1) is 0 Å². The van der Waals surface area contributed by atoms with Crippen LogP contribution < -0.4 is 14.4 Å². The third kappa shape index (κ3) is 8.89. The smallest absolute Gasteiger partial charge is 0.264 e. The molecule has 0 fully saturated rings. The van der Waals surface area contributed by atoms with Gasteiger partial charge in [0.1, 0.15) is 18.3 Å². The molecule has 4 aromatic carbocycles. The maximum atomic E-state index is 14.5. The molecule has 242 valence electrons. The van der Waals surface area contributed by atoms with E-state index in [9.17, 15) is 18.0 Å². The molecule has 4 aromatic rings. The highest BCUT2D eigenvalue weighted by molar-refractivity contribution is 7.92. The Kier molecular flexibility index (Phi) is 11.8. The number of halogens is 1. The Bertz CT molecular complexity index is 1720. The van der Waals surface area contributed by atoms with Gasteiger partial charge >= 0.3 is 0 Å². The third-order valence-electron chi connectivity index (χ3n) is 7.76. The first kappa shape index (κ1) is 34.5. The molecule has 0 aromatic heterocycles. The van der Waals surface area contributed by atoms with E-state index in [1.165, 1.54) is 24.1 Å². The molecule has 0 bridgehead atoms. The Morgan fingerprint density at radius 2 is 1.54 bits per heavy atom. The van der Waals surface area contributed by atoms with Crippen LogP contribution in [0.25, 0.3) is 0 Å². The Morgan fingerprint density at radius 3 is 2.15 bits per heavy atom. The van der Waals surface area contributed by atoms with Crippen molar-refractivity contribution in [3.63, 3.8) is 0 Å². The lowest BCUT2D eigenvalue weighted by molar-refractivity contribution is -0.140. The van der Waals surface area contributed by atoms with E-state index in [0.29, 0.717) is 22.8 Å². The number of nitrogens with zero attached hydrogens (tertiary/aromatic N) is 2. The van der Waals surface area contributed by atoms with E-state index in [-0.39, 0.29) is 35.5 Å². The first-order chi connectivity index (χ1) is 22.0. The number of nitrogens with one attached hydrogen (secondary N) is 1. The van der Waals surface area contributed by atoms with Crippen molar-refractivity contribution in [2.75, 3.05) is 18.0 Å². The third-order valence-corrected chi connectivity index (χ3v) is 9.79. The normalized spacial score (nSPS) is 12.5. The zero-order valence-corrected chi connectivity index (χ0v) is 28.1. The molecular weight excluding hydrogens is 622 g/mol. The number of hydrogen-bond donors (Lipinski definition) is 1. The molecule has 10 heteroatoms. The van der Waals surface area contributed by atoms with Crippen LogP contribution in [0.2, 0.25) is 5.02 Å². The molecule has 4 rings (SSSR count). The average molecular weight is 662 g/mol. The standard InChI is InChI=1S/C36H40ClN3O5S/c1-5-27(3)38-36(42)34(23-28-10-7-6-8-11-28)39(24-29-12-9-13-30(37)22-29)35(41)25-40(31-16-18-32(45-4)19-17-31)46(43,44)33-20-14-26(2)15-21-33/h6-22,27,34H,5,23-25H2,1-4H3,(H,38,42)/t27-,34+/m0/s1. The molecule has 0 unspecified atom stereocenters. The van der Waals surface area contributed by atoms with Crippen molar-refractivity contribution < 1.29 is 22.7 Å². The van der Waals surface area contributed by atoms with Crippen molar-refractivity contribution in [2.24, 2.45) is 0 Å². The van der Waals surface area contributed by atoms with E-state index >= 15 is 0 Å². The van der Waals surface area contributed by atoms with Crippen molar-refractivity contribution in [3.05, 3.63) is 125 Å². The van der Waals surface area contributed by atoms with Crippen LogP contribution in [0, 0.1) is 6.92 Å². The Hall–Kier alpha value is -4.34. The van der Waals surface area contributed by atoms with Gasteiger partial charge in [0.05, 0.1) is 17.7 Å². The molecule has 0 aliphatic rings. The van der Waals surface area contributed by atoms with Gasteiger partial charge in [-0.3, -0.25) is 13.9 Å². The quantitative estimate of drug-likeness (QED) is 0.169. The van der Waals surface area contributed by atoms with Gasteiger partial charge in [0.15, 0.2) is 0 Å². The maximum absolute atomic E-state index is 14.5. The summed E-state index contributed by atoms with van der Waals surface area (Å²) >= 11 is 6.31. The minimum absolute atomic E-state index is 0.0336. The minimum atomic E-state index is -4.20. The zero-order chi connectivity index (χ0) is 33.3. The SMILES string of the molecule is CC[C@H](C)NC(=O)[C@@H](Cc1ccccc1)N(Cc1cccc(Cl)c1)C(=O)CN(c1ccc(OC)cc1)S(=O)(=O)c1ccc(C)cc1. The molecule has 46 heavy (non-hydrogen) atoms. The number of hydrogen-bond acceptors (Lipinski definition) is 5. The number of carbonyl (C=O) groups excluding carboxylic acids is 2. The van der Waals surface area contributed by atoms with Crippen LogP contribution >= 0.6 is 11.6 Å². The van der Waals surface area contributed by atoms with E-state index in [2.05, 4.69) is 5.32 Å². The molecule has 0 spiro atoms. The molecule has 0 aliphatic carbocycles. The average Bonchev–Trinajstić information content (AvgIpc) is 3.05. The van der Waals surface area contributed by atoms with Crippen LogP contribution in [0.1, 0.15) is 37.0 Å². The highest BCUT2D eigenvalue weighted by Gasteiger charge is 2.35. The molecular formula is C36H40ClN3O5S. The molecule has 0 radical (unpaired) electrons. The second-order valence-electron chi connectivity index (χ2n) is 11.2. The van der Waals surface area contributed by atoms with Crippen molar-refractivity contribution in [2.45, 2.75) is 57.1 Å². The molecule has 2 atom stereocenters. The topological polar surface area (TPSA) is 96.0 Å². The van der Waals surface area contributed by atoms with Crippen molar-refractivity contribution in [1.82, 2.24) is 10.2 Å². The molecule has 8 nitrogen and oxygen atoms in total. The first-order valence-corrected chi connectivity index (χ1v) is 16.9. The summed E-state index contributed by atoms with van der Waals surface area (Å²) in [5, 5.41) is 3.52. The summed E-state index contributed by atoms with van der Waals surface area (Å²) in [4.78, 5) is 30.0. The van der Waals surface area contributed by atoms with E-state index in [1.54, 1.807) is 54.6 Å². The number of anilines is 1. The van der Waals surface area contributed by atoms with Crippen molar-refractivity contribution in [3.8, 4) is 5.75 Å². The van der Waals surface area contributed by atoms with E-state index in [0.717, 1.165) is 15.4 Å². The monoisotopic (exact) mass is 661 g/mol. The van der Waals surface area contributed by atoms with Gasteiger partial charge in [0.2, 0.25) is 11.8 Å². The molecule has 0 heterocycles. The summed E-state index contributed by atoms with van der Waals surface area (Å²) in [6.07, 6.45) is 0.925. The number of methoxy groups -OCH3 is 1. The number of aryl methyl sites for hydroxylation is 1. The second-order valence-corrected chi connectivity index (χ2v) is 13.5. The van der Waals surface area contributed by atoms with Gasteiger partial charge in [0.25, 0.3) is 10.0 Å². The molecule has 1 N–H and O–H groups in total. The Morgan fingerprint density at radius 1 is 0.891 bits per heavy atom. The summed E-state index contributed by atoms with van der Waals surface area (Å²) in [5.74, 6) is -0.340. The zero-order valence-electron chi connectivity index (χ0n) is 26.5. The summed E-state index contributed by atoms with van der Waals surface area (Å²) in [6, 6.07) is 28.3. The van der Waals surface area contributed by atoms with Crippen molar-refractivity contribution in [1.29, 1.82) is 0 Å².